The van der Waals surface area contributed by atoms with Crippen LogP contribution < -0.4 is 0 Å². The Balaban J connectivity index is 2.19. The highest BCUT2D eigenvalue weighted by molar-refractivity contribution is 6.41. The summed E-state index contributed by atoms with van der Waals surface area (Å²) in [6.07, 6.45) is 2.66. The van der Waals surface area contributed by atoms with E-state index in [9.17, 15) is 0 Å². The molecule has 0 atom stereocenters. The van der Waals surface area contributed by atoms with E-state index in [1.54, 1.807) is 6.20 Å². The van der Waals surface area contributed by atoms with Crippen molar-refractivity contribution in [3.05, 3.63) is 63.4 Å². The van der Waals surface area contributed by atoms with Gasteiger partial charge in [-0.2, -0.15) is 0 Å². The van der Waals surface area contributed by atoms with Gasteiger partial charge in [-0.1, -0.05) is 47.5 Å². The van der Waals surface area contributed by atoms with E-state index in [1.807, 2.05) is 12.1 Å². The van der Waals surface area contributed by atoms with Gasteiger partial charge in [0.05, 0.1) is 16.3 Å². The van der Waals surface area contributed by atoms with Crippen molar-refractivity contribution in [1.29, 1.82) is 0 Å². The van der Waals surface area contributed by atoms with Gasteiger partial charge in [-0.3, -0.25) is 4.99 Å². The summed E-state index contributed by atoms with van der Waals surface area (Å²) in [5.74, 6) is 0. The highest BCUT2D eigenvalue weighted by atomic mass is 35.5. The summed E-state index contributed by atoms with van der Waals surface area (Å²) in [4.78, 5) is 9.00. The molecule has 2 aromatic rings. The minimum atomic E-state index is -0.129. The van der Waals surface area contributed by atoms with Crippen molar-refractivity contribution < 1.29 is 0 Å². The molecule has 0 radical (unpaired) electrons. The van der Waals surface area contributed by atoms with E-state index in [1.165, 1.54) is 5.56 Å². The van der Waals surface area contributed by atoms with E-state index in [0.717, 1.165) is 23.3 Å². The quantitative estimate of drug-likeness (QED) is 0.709. The molecule has 1 aliphatic heterocycles. The molecule has 1 aromatic heterocycles. The second-order valence-corrected chi connectivity index (χ2v) is 6.37. The number of hydrogen-bond acceptors (Lipinski definition) is 2. The van der Waals surface area contributed by atoms with E-state index in [-0.39, 0.29) is 5.54 Å². The number of hydrogen-bond donors (Lipinski definition) is 0. The Hall–Kier alpha value is -1.38. The molecule has 0 saturated carbocycles. The Morgan fingerprint density at radius 2 is 1.90 bits per heavy atom. The lowest BCUT2D eigenvalue weighted by atomic mass is 9.85. The highest BCUT2D eigenvalue weighted by Gasteiger charge is 2.27. The van der Waals surface area contributed by atoms with E-state index >= 15 is 0 Å². The SMILES string of the molecule is CC1(C)Cc2ccccc2C(c2cnc(Cl)c(Cl)c2)=N1. The van der Waals surface area contributed by atoms with Crippen LogP contribution in [0.15, 0.2) is 41.5 Å². The van der Waals surface area contributed by atoms with Crippen LogP contribution in [0.2, 0.25) is 10.2 Å². The summed E-state index contributed by atoms with van der Waals surface area (Å²) in [5.41, 5.74) is 4.15. The lowest BCUT2D eigenvalue weighted by Gasteiger charge is -2.29. The first-order valence-corrected chi connectivity index (χ1v) is 7.21. The smallest absolute Gasteiger partial charge is 0.147 e. The molecule has 2 heterocycles. The molecule has 102 valence electrons. The van der Waals surface area contributed by atoms with Crippen LogP contribution in [0.25, 0.3) is 0 Å². The first kappa shape index (κ1) is 13.6. The predicted octanol–water partition coefficient (Wildman–Crippen LogP) is 4.56. The zero-order valence-corrected chi connectivity index (χ0v) is 12.8. The van der Waals surface area contributed by atoms with Gasteiger partial charge in [0.1, 0.15) is 5.15 Å². The fourth-order valence-electron chi connectivity index (χ4n) is 2.54. The van der Waals surface area contributed by atoms with E-state index in [2.05, 4.69) is 37.0 Å². The molecule has 0 aliphatic carbocycles. The Morgan fingerprint density at radius 1 is 1.15 bits per heavy atom. The normalized spacial score (nSPS) is 16.5. The number of pyridine rings is 1. The fraction of sp³-hybridized carbons (Fsp3) is 0.250. The number of halogens is 2. The van der Waals surface area contributed by atoms with Crippen LogP contribution in [0.4, 0.5) is 0 Å². The zero-order valence-electron chi connectivity index (χ0n) is 11.3. The second kappa shape index (κ2) is 4.87. The molecule has 0 unspecified atom stereocenters. The highest BCUT2D eigenvalue weighted by Crippen LogP contribution is 2.30. The van der Waals surface area contributed by atoms with Crippen molar-refractivity contribution >= 4 is 28.9 Å². The third-order valence-electron chi connectivity index (χ3n) is 3.38. The van der Waals surface area contributed by atoms with Gasteiger partial charge in [0.15, 0.2) is 0 Å². The third-order valence-corrected chi connectivity index (χ3v) is 4.07. The Kier molecular flexibility index (Phi) is 3.31. The molecule has 2 nitrogen and oxygen atoms in total. The molecular weight excluding hydrogens is 291 g/mol. The maximum atomic E-state index is 6.08. The molecule has 0 bridgehead atoms. The first-order valence-electron chi connectivity index (χ1n) is 6.46. The molecule has 0 fully saturated rings. The summed E-state index contributed by atoms with van der Waals surface area (Å²) >= 11 is 12.0. The third kappa shape index (κ3) is 2.46. The summed E-state index contributed by atoms with van der Waals surface area (Å²) in [6.45, 7) is 4.27. The summed E-state index contributed by atoms with van der Waals surface area (Å²) in [6, 6.07) is 10.2. The molecule has 4 heteroatoms. The van der Waals surface area contributed by atoms with Crippen molar-refractivity contribution in [3.8, 4) is 0 Å². The maximum Gasteiger partial charge on any atom is 0.147 e. The maximum absolute atomic E-state index is 6.08. The zero-order chi connectivity index (χ0) is 14.3. The first-order chi connectivity index (χ1) is 9.46. The van der Waals surface area contributed by atoms with Crippen molar-refractivity contribution in [2.45, 2.75) is 25.8 Å². The number of aliphatic imine (C=N–C) groups is 1. The van der Waals surface area contributed by atoms with Gasteiger partial charge in [-0.25, -0.2) is 4.98 Å². The summed E-state index contributed by atoms with van der Waals surface area (Å²) < 4.78 is 0. The number of aromatic nitrogens is 1. The monoisotopic (exact) mass is 304 g/mol. The molecule has 1 aromatic carbocycles. The van der Waals surface area contributed by atoms with E-state index in [0.29, 0.717) is 10.2 Å². The van der Waals surface area contributed by atoms with Crippen molar-refractivity contribution in [2.24, 2.45) is 4.99 Å². The largest absolute Gasteiger partial charge is 0.278 e. The summed E-state index contributed by atoms with van der Waals surface area (Å²) in [7, 11) is 0. The molecule has 0 saturated heterocycles. The molecule has 3 rings (SSSR count). The number of fused-ring (bicyclic) bond motifs is 1. The van der Waals surface area contributed by atoms with E-state index < -0.39 is 0 Å². The minimum Gasteiger partial charge on any atom is -0.278 e. The van der Waals surface area contributed by atoms with Crippen LogP contribution in [-0.4, -0.2) is 16.2 Å². The van der Waals surface area contributed by atoms with Crippen LogP contribution in [-0.2, 0) is 6.42 Å². The topological polar surface area (TPSA) is 25.2 Å². The predicted molar refractivity (Wildman–Crippen MR) is 84.1 cm³/mol. The van der Waals surface area contributed by atoms with Crippen LogP contribution in [0.5, 0.6) is 0 Å². The number of rotatable bonds is 1. The van der Waals surface area contributed by atoms with Crippen molar-refractivity contribution in [3.63, 3.8) is 0 Å². The average molecular weight is 305 g/mol. The molecular formula is C16H14Cl2N2. The van der Waals surface area contributed by atoms with Crippen LogP contribution in [0.3, 0.4) is 0 Å². The van der Waals surface area contributed by atoms with Gasteiger partial charge in [0.2, 0.25) is 0 Å². The average Bonchev–Trinajstić information content (AvgIpc) is 2.40. The van der Waals surface area contributed by atoms with Crippen molar-refractivity contribution in [1.82, 2.24) is 4.98 Å². The molecule has 0 N–H and O–H groups in total. The number of benzene rings is 1. The Bertz CT molecular complexity index is 705. The van der Waals surface area contributed by atoms with E-state index in [4.69, 9.17) is 28.2 Å². The standard InChI is InChI=1S/C16H14Cl2N2/c1-16(2)8-10-5-3-4-6-12(10)14(20-16)11-7-13(17)15(18)19-9-11/h3-7,9H,8H2,1-2H3. The van der Waals surface area contributed by atoms with Gasteiger partial charge in [-0.05, 0) is 31.9 Å². The summed E-state index contributed by atoms with van der Waals surface area (Å²) in [5, 5.41) is 0.770. The number of nitrogens with zero attached hydrogens (tertiary/aromatic N) is 2. The Labute approximate surface area is 128 Å². The van der Waals surface area contributed by atoms with Crippen LogP contribution in [0.1, 0.15) is 30.5 Å². The van der Waals surface area contributed by atoms with Gasteiger partial charge < -0.3 is 0 Å². The Morgan fingerprint density at radius 3 is 2.65 bits per heavy atom. The van der Waals surface area contributed by atoms with Crippen LogP contribution in [0, 0.1) is 0 Å². The second-order valence-electron chi connectivity index (χ2n) is 5.60. The van der Waals surface area contributed by atoms with Crippen molar-refractivity contribution in [2.75, 3.05) is 0 Å². The van der Waals surface area contributed by atoms with Gasteiger partial charge >= 0.3 is 0 Å². The molecule has 20 heavy (non-hydrogen) atoms. The molecule has 0 amide bonds. The fourth-order valence-corrected chi connectivity index (χ4v) is 2.81. The van der Waals surface area contributed by atoms with Gasteiger partial charge in [-0.15, -0.1) is 0 Å². The molecule has 1 aliphatic rings. The lowest BCUT2D eigenvalue weighted by molar-refractivity contribution is 0.513. The minimum absolute atomic E-state index is 0.129. The van der Waals surface area contributed by atoms with Crippen LogP contribution >= 0.6 is 23.2 Å². The van der Waals surface area contributed by atoms with Gasteiger partial charge in [0, 0.05) is 17.3 Å². The van der Waals surface area contributed by atoms with Gasteiger partial charge in [0.25, 0.3) is 0 Å². The lowest BCUT2D eigenvalue weighted by Crippen LogP contribution is -2.29. The molecule has 0 spiro atoms.